The maximum Gasteiger partial charge on any atom is 0.336 e. The van der Waals surface area contributed by atoms with E-state index in [1.54, 1.807) is 6.26 Å². The Bertz CT molecular complexity index is 467. The van der Waals surface area contributed by atoms with Crippen molar-refractivity contribution in [3.63, 3.8) is 0 Å². The lowest BCUT2D eigenvalue weighted by Gasteiger charge is -2.09. The minimum Gasteiger partial charge on any atom is -0.478 e. The Morgan fingerprint density at radius 2 is 2.24 bits per heavy atom. The summed E-state index contributed by atoms with van der Waals surface area (Å²) >= 11 is 2.90. The molecule has 0 saturated carbocycles. The third-order valence-electron chi connectivity index (χ3n) is 2.02. The predicted molar refractivity (Wildman–Crippen MR) is 68.5 cm³/mol. The first-order chi connectivity index (χ1) is 7.93. The van der Waals surface area contributed by atoms with Gasteiger partial charge in [0, 0.05) is 29.4 Å². The van der Waals surface area contributed by atoms with Crippen LogP contribution in [0.25, 0.3) is 0 Å². The van der Waals surface area contributed by atoms with Crippen LogP contribution in [0.2, 0.25) is 0 Å². The number of halogens is 2. The quantitative estimate of drug-likeness (QED) is 0.870. The molecule has 0 aromatic heterocycles. The SMILES string of the molecule is CS(=O)CCNc1ccc(C(=O)O)c(Br)c1F. The highest BCUT2D eigenvalue weighted by Crippen LogP contribution is 2.26. The van der Waals surface area contributed by atoms with Crippen molar-refractivity contribution >= 4 is 38.4 Å². The van der Waals surface area contributed by atoms with Crippen LogP contribution in [0.3, 0.4) is 0 Å². The summed E-state index contributed by atoms with van der Waals surface area (Å²) in [6.07, 6.45) is 1.56. The Labute approximate surface area is 109 Å². The van der Waals surface area contributed by atoms with Crippen LogP contribution in [-0.4, -0.2) is 33.8 Å². The number of nitrogens with one attached hydrogen (secondary N) is 1. The maximum atomic E-state index is 13.7. The molecule has 0 saturated heterocycles. The highest BCUT2D eigenvalue weighted by Gasteiger charge is 2.15. The van der Waals surface area contributed by atoms with Gasteiger partial charge < -0.3 is 10.4 Å². The van der Waals surface area contributed by atoms with Crippen molar-refractivity contribution in [3.05, 3.63) is 28.0 Å². The number of hydrogen-bond acceptors (Lipinski definition) is 3. The minimum absolute atomic E-state index is 0.0902. The maximum absolute atomic E-state index is 13.7. The lowest BCUT2D eigenvalue weighted by Crippen LogP contribution is -2.11. The molecule has 0 spiro atoms. The van der Waals surface area contributed by atoms with Gasteiger partial charge in [-0.3, -0.25) is 4.21 Å². The normalized spacial score (nSPS) is 12.2. The molecule has 0 heterocycles. The molecule has 2 N–H and O–H groups in total. The molecule has 0 aliphatic rings. The fourth-order valence-electron chi connectivity index (χ4n) is 1.18. The Morgan fingerprint density at radius 3 is 2.76 bits per heavy atom. The van der Waals surface area contributed by atoms with Gasteiger partial charge in [0.05, 0.1) is 15.7 Å². The van der Waals surface area contributed by atoms with E-state index in [4.69, 9.17) is 5.11 Å². The Kier molecular flexibility index (Phi) is 5.07. The monoisotopic (exact) mass is 323 g/mol. The van der Waals surface area contributed by atoms with Crippen LogP contribution in [0, 0.1) is 5.82 Å². The molecular formula is C10H11BrFNO3S. The van der Waals surface area contributed by atoms with E-state index in [1.165, 1.54) is 12.1 Å². The molecule has 1 unspecified atom stereocenters. The molecule has 0 aliphatic carbocycles. The van der Waals surface area contributed by atoms with Gasteiger partial charge in [-0.15, -0.1) is 0 Å². The molecule has 0 fully saturated rings. The van der Waals surface area contributed by atoms with Gasteiger partial charge in [-0.2, -0.15) is 0 Å². The van der Waals surface area contributed by atoms with Crippen molar-refractivity contribution in [1.82, 2.24) is 0 Å². The summed E-state index contributed by atoms with van der Waals surface area (Å²) in [5.41, 5.74) is 0.0550. The summed E-state index contributed by atoms with van der Waals surface area (Å²) in [5.74, 6) is -1.46. The van der Waals surface area contributed by atoms with E-state index < -0.39 is 22.6 Å². The third kappa shape index (κ3) is 3.78. The van der Waals surface area contributed by atoms with Crippen molar-refractivity contribution < 1.29 is 18.5 Å². The highest BCUT2D eigenvalue weighted by atomic mass is 79.9. The van der Waals surface area contributed by atoms with Gasteiger partial charge in [-0.25, -0.2) is 9.18 Å². The van der Waals surface area contributed by atoms with Crippen LogP contribution >= 0.6 is 15.9 Å². The first-order valence-electron chi connectivity index (χ1n) is 4.68. The molecular weight excluding hydrogens is 313 g/mol. The lowest BCUT2D eigenvalue weighted by atomic mass is 10.2. The highest BCUT2D eigenvalue weighted by molar-refractivity contribution is 9.10. The van der Waals surface area contributed by atoms with Crippen molar-refractivity contribution in [1.29, 1.82) is 0 Å². The summed E-state index contributed by atoms with van der Waals surface area (Å²) in [6, 6.07) is 2.66. The molecule has 1 atom stereocenters. The van der Waals surface area contributed by atoms with E-state index in [2.05, 4.69) is 21.2 Å². The van der Waals surface area contributed by atoms with Gasteiger partial charge in [0.1, 0.15) is 0 Å². The first kappa shape index (κ1) is 14.1. The Morgan fingerprint density at radius 1 is 1.59 bits per heavy atom. The molecule has 1 rings (SSSR count). The zero-order chi connectivity index (χ0) is 13.0. The summed E-state index contributed by atoms with van der Waals surface area (Å²) in [7, 11) is -0.954. The number of carbonyl (C=O) groups is 1. The van der Waals surface area contributed by atoms with E-state index in [-0.39, 0.29) is 15.7 Å². The van der Waals surface area contributed by atoms with E-state index in [0.29, 0.717) is 12.3 Å². The van der Waals surface area contributed by atoms with Crippen molar-refractivity contribution in [3.8, 4) is 0 Å². The number of hydrogen-bond donors (Lipinski definition) is 2. The predicted octanol–water partition coefficient (Wildman–Crippen LogP) is 2.08. The van der Waals surface area contributed by atoms with Gasteiger partial charge in [-0.05, 0) is 28.1 Å². The second-order valence-corrected chi connectivity index (χ2v) is 5.65. The van der Waals surface area contributed by atoms with Gasteiger partial charge in [-0.1, -0.05) is 0 Å². The van der Waals surface area contributed by atoms with Crippen molar-refractivity contribution in [2.75, 3.05) is 23.9 Å². The van der Waals surface area contributed by atoms with Crippen molar-refractivity contribution in [2.45, 2.75) is 0 Å². The molecule has 0 radical (unpaired) electrons. The molecule has 0 amide bonds. The molecule has 1 aromatic rings. The standard InChI is InChI=1S/C10H11BrFNO3S/c1-17(16)5-4-13-7-3-2-6(10(14)15)8(11)9(7)12/h2-3,13H,4-5H2,1H3,(H,14,15). The molecule has 1 aromatic carbocycles. The zero-order valence-electron chi connectivity index (χ0n) is 9.00. The van der Waals surface area contributed by atoms with Crippen LogP contribution in [0.15, 0.2) is 16.6 Å². The summed E-state index contributed by atoms with van der Waals surface area (Å²) in [4.78, 5) is 10.7. The Hall–Kier alpha value is -0.950. The van der Waals surface area contributed by atoms with E-state index >= 15 is 0 Å². The fraction of sp³-hybridized carbons (Fsp3) is 0.300. The molecule has 17 heavy (non-hydrogen) atoms. The van der Waals surface area contributed by atoms with Gasteiger partial charge in [0.2, 0.25) is 0 Å². The average Bonchev–Trinajstić information content (AvgIpc) is 2.23. The van der Waals surface area contributed by atoms with Crippen LogP contribution < -0.4 is 5.32 Å². The molecule has 0 aliphatic heterocycles. The number of rotatable bonds is 5. The van der Waals surface area contributed by atoms with Crippen molar-refractivity contribution in [2.24, 2.45) is 0 Å². The second kappa shape index (κ2) is 6.11. The zero-order valence-corrected chi connectivity index (χ0v) is 11.4. The number of carboxylic acids is 1. The second-order valence-electron chi connectivity index (χ2n) is 3.30. The number of benzene rings is 1. The van der Waals surface area contributed by atoms with Crippen LogP contribution in [0.5, 0.6) is 0 Å². The molecule has 7 heteroatoms. The number of carboxylic acid groups (broad SMARTS) is 1. The summed E-state index contributed by atoms with van der Waals surface area (Å²) in [6.45, 7) is 0.360. The van der Waals surface area contributed by atoms with Gasteiger partial charge in [0.15, 0.2) is 5.82 Å². The number of aromatic carboxylic acids is 1. The molecule has 4 nitrogen and oxygen atoms in total. The Balaban J connectivity index is 2.85. The van der Waals surface area contributed by atoms with Crippen LogP contribution in [0.1, 0.15) is 10.4 Å². The fourth-order valence-corrected chi connectivity index (χ4v) is 2.09. The smallest absolute Gasteiger partial charge is 0.336 e. The summed E-state index contributed by atoms with van der Waals surface area (Å²) < 4.78 is 24.4. The van der Waals surface area contributed by atoms with E-state index in [9.17, 15) is 13.4 Å². The first-order valence-corrected chi connectivity index (χ1v) is 7.20. The third-order valence-corrected chi connectivity index (χ3v) is 3.57. The lowest BCUT2D eigenvalue weighted by molar-refractivity contribution is 0.0695. The average molecular weight is 324 g/mol. The van der Waals surface area contributed by atoms with Crippen LogP contribution in [-0.2, 0) is 10.8 Å². The van der Waals surface area contributed by atoms with Crippen LogP contribution in [0.4, 0.5) is 10.1 Å². The van der Waals surface area contributed by atoms with Gasteiger partial charge >= 0.3 is 5.97 Å². The van der Waals surface area contributed by atoms with Gasteiger partial charge in [0.25, 0.3) is 0 Å². The molecule has 0 bridgehead atoms. The number of anilines is 1. The minimum atomic E-state index is -1.20. The molecule has 94 valence electrons. The van der Waals surface area contributed by atoms with E-state index in [0.717, 1.165) is 0 Å². The largest absolute Gasteiger partial charge is 0.478 e. The summed E-state index contributed by atoms with van der Waals surface area (Å²) in [5, 5.41) is 11.5. The van der Waals surface area contributed by atoms with E-state index in [1.807, 2.05) is 0 Å². The topological polar surface area (TPSA) is 66.4 Å².